The molecule has 1 heterocycles. The standard InChI is InChI=1S/C14H24N2S/c1-4-11-5-7-12(8-6-11)13(15-3)14-10(2)16-9-17-14/h9,11-13,15H,4-8H2,1-3H3. The molecule has 1 fully saturated rings. The lowest BCUT2D eigenvalue weighted by Gasteiger charge is -2.33. The van der Waals surface area contributed by atoms with Crippen LogP contribution in [0.5, 0.6) is 0 Å². The molecule has 1 aliphatic carbocycles. The number of rotatable bonds is 4. The van der Waals surface area contributed by atoms with Gasteiger partial charge in [0.2, 0.25) is 0 Å². The topological polar surface area (TPSA) is 24.9 Å². The number of aromatic nitrogens is 1. The van der Waals surface area contributed by atoms with E-state index in [1.807, 2.05) is 16.8 Å². The van der Waals surface area contributed by atoms with Gasteiger partial charge in [-0.15, -0.1) is 11.3 Å². The second-order valence-corrected chi connectivity index (χ2v) is 6.14. The van der Waals surface area contributed by atoms with Crippen LogP contribution in [0, 0.1) is 18.8 Å². The van der Waals surface area contributed by atoms with Crippen LogP contribution in [-0.4, -0.2) is 12.0 Å². The summed E-state index contributed by atoms with van der Waals surface area (Å²) >= 11 is 1.81. The van der Waals surface area contributed by atoms with E-state index in [-0.39, 0.29) is 0 Å². The lowest BCUT2D eigenvalue weighted by molar-refractivity contribution is 0.225. The first-order valence-corrected chi connectivity index (χ1v) is 7.71. The van der Waals surface area contributed by atoms with Crippen LogP contribution < -0.4 is 5.32 Å². The van der Waals surface area contributed by atoms with E-state index in [2.05, 4.69) is 31.2 Å². The molecular formula is C14H24N2S. The van der Waals surface area contributed by atoms with Gasteiger partial charge in [-0.3, -0.25) is 0 Å². The van der Waals surface area contributed by atoms with E-state index >= 15 is 0 Å². The summed E-state index contributed by atoms with van der Waals surface area (Å²) in [6, 6.07) is 0.528. The SMILES string of the molecule is CCC1CCC(C(NC)c2scnc2C)CC1. The zero-order chi connectivity index (χ0) is 12.3. The Hall–Kier alpha value is -0.410. The molecule has 1 aliphatic rings. The largest absolute Gasteiger partial charge is 0.312 e. The van der Waals surface area contributed by atoms with Gasteiger partial charge in [-0.05, 0) is 38.6 Å². The van der Waals surface area contributed by atoms with Crippen molar-refractivity contribution in [3.05, 3.63) is 16.1 Å². The van der Waals surface area contributed by atoms with Crippen molar-refractivity contribution in [3.63, 3.8) is 0 Å². The second kappa shape index (κ2) is 5.96. The van der Waals surface area contributed by atoms with Crippen LogP contribution in [0.15, 0.2) is 5.51 Å². The average molecular weight is 252 g/mol. The number of nitrogens with one attached hydrogen (secondary N) is 1. The fourth-order valence-corrected chi connectivity index (χ4v) is 4.12. The highest BCUT2D eigenvalue weighted by Crippen LogP contribution is 2.39. The Kier molecular flexibility index (Phi) is 4.57. The van der Waals surface area contributed by atoms with Gasteiger partial charge in [0.25, 0.3) is 0 Å². The lowest BCUT2D eigenvalue weighted by atomic mass is 9.77. The molecule has 1 N–H and O–H groups in total. The Labute approximate surface area is 109 Å². The molecule has 17 heavy (non-hydrogen) atoms. The quantitative estimate of drug-likeness (QED) is 0.878. The van der Waals surface area contributed by atoms with Gasteiger partial charge in [0.15, 0.2) is 0 Å². The van der Waals surface area contributed by atoms with Gasteiger partial charge in [-0.25, -0.2) is 4.98 Å². The maximum atomic E-state index is 4.39. The van der Waals surface area contributed by atoms with E-state index in [1.165, 1.54) is 42.7 Å². The van der Waals surface area contributed by atoms with Crippen molar-refractivity contribution in [2.24, 2.45) is 11.8 Å². The highest BCUT2D eigenvalue weighted by atomic mass is 32.1. The van der Waals surface area contributed by atoms with Gasteiger partial charge in [0.05, 0.1) is 11.2 Å². The highest BCUT2D eigenvalue weighted by Gasteiger charge is 2.28. The van der Waals surface area contributed by atoms with Crippen molar-refractivity contribution < 1.29 is 0 Å². The lowest BCUT2D eigenvalue weighted by Crippen LogP contribution is -2.28. The molecule has 2 nitrogen and oxygen atoms in total. The summed E-state index contributed by atoms with van der Waals surface area (Å²) in [5, 5.41) is 3.52. The van der Waals surface area contributed by atoms with E-state index in [0.29, 0.717) is 6.04 Å². The van der Waals surface area contributed by atoms with Crippen molar-refractivity contribution in [3.8, 4) is 0 Å². The van der Waals surface area contributed by atoms with Crippen molar-refractivity contribution in [2.75, 3.05) is 7.05 Å². The molecule has 0 aliphatic heterocycles. The van der Waals surface area contributed by atoms with Crippen LogP contribution in [0.25, 0.3) is 0 Å². The summed E-state index contributed by atoms with van der Waals surface area (Å²) in [6.07, 6.45) is 6.94. The first kappa shape index (κ1) is 13.0. The molecular weight excluding hydrogens is 228 g/mol. The predicted molar refractivity (Wildman–Crippen MR) is 74.4 cm³/mol. The summed E-state index contributed by atoms with van der Waals surface area (Å²) in [6.45, 7) is 4.46. The number of hydrogen-bond donors (Lipinski definition) is 1. The van der Waals surface area contributed by atoms with Crippen molar-refractivity contribution in [2.45, 2.75) is 52.0 Å². The van der Waals surface area contributed by atoms with Crippen molar-refractivity contribution >= 4 is 11.3 Å². The van der Waals surface area contributed by atoms with Crippen molar-refractivity contribution in [1.82, 2.24) is 10.3 Å². The Morgan fingerprint density at radius 3 is 2.59 bits per heavy atom. The first-order chi connectivity index (χ1) is 8.26. The Morgan fingerprint density at radius 2 is 2.12 bits per heavy atom. The molecule has 1 unspecified atom stereocenters. The molecule has 0 bridgehead atoms. The maximum absolute atomic E-state index is 4.39. The van der Waals surface area contributed by atoms with Gasteiger partial charge in [-0.2, -0.15) is 0 Å². The van der Waals surface area contributed by atoms with E-state index in [9.17, 15) is 0 Å². The smallest absolute Gasteiger partial charge is 0.0798 e. The molecule has 1 atom stereocenters. The van der Waals surface area contributed by atoms with Crippen LogP contribution in [-0.2, 0) is 0 Å². The number of thiazole rings is 1. The third kappa shape index (κ3) is 2.89. The van der Waals surface area contributed by atoms with Gasteiger partial charge in [0, 0.05) is 10.9 Å². The molecule has 0 radical (unpaired) electrons. The highest BCUT2D eigenvalue weighted by molar-refractivity contribution is 7.09. The summed E-state index contributed by atoms with van der Waals surface area (Å²) in [7, 11) is 2.09. The third-order valence-electron chi connectivity index (χ3n) is 4.32. The van der Waals surface area contributed by atoms with E-state index < -0.39 is 0 Å². The van der Waals surface area contributed by atoms with Crippen LogP contribution in [0.3, 0.4) is 0 Å². The molecule has 0 spiro atoms. The van der Waals surface area contributed by atoms with Crippen LogP contribution in [0.1, 0.15) is 55.6 Å². The number of nitrogens with zero attached hydrogens (tertiary/aromatic N) is 1. The molecule has 1 saturated carbocycles. The van der Waals surface area contributed by atoms with Gasteiger partial charge in [0.1, 0.15) is 0 Å². The normalized spacial score (nSPS) is 27.0. The minimum atomic E-state index is 0.528. The fourth-order valence-electron chi connectivity index (χ4n) is 3.12. The molecule has 1 aromatic rings. The first-order valence-electron chi connectivity index (χ1n) is 6.83. The second-order valence-electron chi connectivity index (χ2n) is 5.26. The Balaban J connectivity index is 2.03. The number of hydrogen-bond acceptors (Lipinski definition) is 3. The monoisotopic (exact) mass is 252 g/mol. The number of aryl methyl sites for hydroxylation is 1. The summed E-state index contributed by atoms with van der Waals surface area (Å²) < 4.78 is 0. The molecule has 0 aromatic carbocycles. The Bertz CT molecular complexity index is 340. The zero-order valence-corrected chi connectivity index (χ0v) is 12.0. The molecule has 0 amide bonds. The zero-order valence-electron chi connectivity index (χ0n) is 11.2. The summed E-state index contributed by atoms with van der Waals surface area (Å²) in [4.78, 5) is 5.84. The third-order valence-corrected chi connectivity index (χ3v) is 5.33. The average Bonchev–Trinajstić information content (AvgIpc) is 2.78. The van der Waals surface area contributed by atoms with E-state index in [1.54, 1.807) is 0 Å². The molecule has 2 rings (SSSR count). The van der Waals surface area contributed by atoms with Crippen LogP contribution in [0.2, 0.25) is 0 Å². The predicted octanol–water partition coefficient (Wildman–Crippen LogP) is 3.93. The fraction of sp³-hybridized carbons (Fsp3) is 0.786. The maximum Gasteiger partial charge on any atom is 0.0798 e. The van der Waals surface area contributed by atoms with E-state index in [0.717, 1.165) is 11.8 Å². The molecule has 1 aromatic heterocycles. The Morgan fingerprint density at radius 1 is 1.41 bits per heavy atom. The molecule has 3 heteroatoms. The molecule has 0 saturated heterocycles. The minimum absolute atomic E-state index is 0.528. The molecule has 96 valence electrons. The van der Waals surface area contributed by atoms with Crippen molar-refractivity contribution in [1.29, 1.82) is 0 Å². The van der Waals surface area contributed by atoms with Gasteiger partial charge in [-0.1, -0.05) is 26.2 Å². The minimum Gasteiger partial charge on any atom is -0.312 e. The van der Waals surface area contributed by atoms with E-state index in [4.69, 9.17) is 0 Å². The van der Waals surface area contributed by atoms with Gasteiger partial charge < -0.3 is 5.32 Å². The summed E-state index contributed by atoms with van der Waals surface area (Å²) in [5.74, 6) is 1.79. The van der Waals surface area contributed by atoms with Crippen LogP contribution >= 0.6 is 11.3 Å². The van der Waals surface area contributed by atoms with Gasteiger partial charge >= 0.3 is 0 Å². The summed E-state index contributed by atoms with van der Waals surface area (Å²) in [5.41, 5.74) is 3.19. The van der Waals surface area contributed by atoms with Crippen LogP contribution in [0.4, 0.5) is 0 Å².